The summed E-state index contributed by atoms with van der Waals surface area (Å²) in [5.41, 5.74) is 2.26. The van der Waals surface area contributed by atoms with E-state index >= 15 is 0 Å². The highest BCUT2D eigenvalue weighted by Gasteiger charge is 2.08. The molecule has 4 heteroatoms. The van der Waals surface area contributed by atoms with Gasteiger partial charge in [0.15, 0.2) is 0 Å². The van der Waals surface area contributed by atoms with Crippen LogP contribution in [0, 0.1) is 0 Å². The summed E-state index contributed by atoms with van der Waals surface area (Å²) in [6, 6.07) is 17.8. The highest BCUT2D eigenvalue weighted by Crippen LogP contribution is 2.26. The number of hydrogen-bond acceptors (Lipinski definition) is 2. The molecule has 1 nitrogen and oxygen atoms in total. The van der Waals surface area contributed by atoms with Gasteiger partial charge in [-0.05, 0) is 42.7 Å². The Balaban J connectivity index is 1.95. The van der Waals surface area contributed by atoms with Crippen molar-refractivity contribution in [1.82, 2.24) is 0 Å². The van der Waals surface area contributed by atoms with Crippen molar-refractivity contribution in [2.75, 3.05) is 5.32 Å². The number of thioether (sulfide) groups is 1. The predicted octanol–water partition coefficient (Wildman–Crippen LogP) is 5.43. The van der Waals surface area contributed by atoms with Gasteiger partial charge in [-0.3, -0.25) is 0 Å². The van der Waals surface area contributed by atoms with Crippen LogP contribution in [0.15, 0.2) is 59.5 Å². The number of alkyl halides is 2. The summed E-state index contributed by atoms with van der Waals surface area (Å²) >= 11 is 0.573. The summed E-state index contributed by atoms with van der Waals surface area (Å²) in [5, 5.41) is 3.46. The molecule has 21 heavy (non-hydrogen) atoms. The van der Waals surface area contributed by atoms with E-state index in [2.05, 4.69) is 24.4 Å². The second-order valence-electron chi connectivity index (χ2n) is 4.84. The van der Waals surface area contributed by atoms with Crippen LogP contribution >= 0.6 is 11.8 Å². The first-order chi connectivity index (χ1) is 10.2. The predicted molar refractivity (Wildman–Crippen MR) is 86.2 cm³/mol. The van der Waals surface area contributed by atoms with E-state index in [0.29, 0.717) is 22.7 Å². The minimum Gasteiger partial charge on any atom is -0.382 e. The fourth-order valence-electron chi connectivity index (χ4n) is 2.16. The molecule has 0 aliphatic carbocycles. The molecule has 2 rings (SSSR count). The van der Waals surface area contributed by atoms with Gasteiger partial charge in [-0.1, -0.05) is 49.0 Å². The molecule has 1 N–H and O–H groups in total. The summed E-state index contributed by atoms with van der Waals surface area (Å²) < 4.78 is 24.6. The van der Waals surface area contributed by atoms with Crippen molar-refractivity contribution in [2.24, 2.45) is 0 Å². The highest BCUT2D eigenvalue weighted by molar-refractivity contribution is 7.99. The van der Waals surface area contributed by atoms with Crippen LogP contribution in [-0.4, -0.2) is 11.8 Å². The number of anilines is 1. The fourth-order valence-corrected chi connectivity index (χ4v) is 2.66. The fraction of sp³-hybridized carbons (Fsp3) is 0.294. The molecule has 1 unspecified atom stereocenters. The van der Waals surface area contributed by atoms with Crippen molar-refractivity contribution < 1.29 is 8.78 Å². The molecule has 0 bridgehead atoms. The maximum Gasteiger partial charge on any atom is 0.288 e. The molecule has 2 aromatic carbocycles. The molecule has 0 aliphatic rings. The van der Waals surface area contributed by atoms with Crippen molar-refractivity contribution in [2.45, 2.75) is 36.5 Å². The van der Waals surface area contributed by atoms with E-state index in [4.69, 9.17) is 0 Å². The first-order valence-corrected chi connectivity index (χ1v) is 7.90. The quantitative estimate of drug-likeness (QED) is 0.684. The molecule has 0 saturated carbocycles. The summed E-state index contributed by atoms with van der Waals surface area (Å²) in [4.78, 5) is 0.589. The normalized spacial score (nSPS) is 12.4. The average molecular weight is 307 g/mol. The van der Waals surface area contributed by atoms with Crippen molar-refractivity contribution in [3.05, 3.63) is 60.2 Å². The van der Waals surface area contributed by atoms with E-state index in [9.17, 15) is 8.78 Å². The van der Waals surface area contributed by atoms with Crippen LogP contribution < -0.4 is 5.32 Å². The molecule has 2 aromatic rings. The molecule has 0 amide bonds. The Morgan fingerprint density at radius 2 is 1.67 bits per heavy atom. The largest absolute Gasteiger partial charge is 0.382 e. The standard InChI is InChI=1S/C17H19F2NS/c1-2-14(12-13-6-4-3-5-7-13)20-15-8-10-16(11-9-15)21-17(18)19/h3-11,14,17,20H,2,12H2,1H3. The number of hydrogen-bond donors (Lipinski definition) is 1. The smallest absolute Gasteiger partial charge is 0.288 e. The van der Waals surface area contributed by atoms with Gasteiger partial charge >= 0.3 is 0 Å². The van der Waals surface area contributed by atoms with Crippen molar-refractivity contribution in [1.29, 1.82) is 0 Å². The van der Waals surface area contributed by atoms with Gasteiger partial charge in [0.2, 0.25) is 0 Å². The van der Waals surface area contributed by atoms with Crippen LogP contribution in [0.4, 0.5) is 14.5 Å². The van der Waals surface area contributed by atoms with Crippen LogP contribution in [-0.2, 0) is 6.42 Å². The van der Waals surface area contributed by atoms with E-state index in [1.54, 1.807) is 12.1 Å². The third-order valence-electron chi connectivity index (χ3n) is 3.27. The maximum atomic E-state index is 12.3. The van der Waals surface area contributed by atoms with E-state index in [0.717, 1.165) is 18.5 Å². The van der Waals surface area contributed by atoms with Crippen molar-refractivity contribution in [3.8, 4) is 0 Å². The number of halogens is 2. The third kappa shape index (κ3) is 5.38. The molecular weight excluding hydrogens is 288 g/mol. The molecule has 112 valence electrons. The minimum atomic E-state index is -2.37. The summed E-state index contributed by atoms with van der Waals surface area (Å²) in [6.45, 7) is 2.14. The molecule has 0 spiro atoms. The van der Waals surface area contributed by atoms with Gasteiger partial charge < -0.3 is 5.32 Å². The Hall–Kier alpha value is -1.55. The number of benzene rings is 2. The van der Waals surface area contributed by atoms with Gasteiger partial charge in [-0.15, -0.1) is 0 Å². The zero-order chi connectivity index (χ0) is 15.1. The van der Waals surface area contributed by atoms with Crippen LogP contribution in [0.2, 0.25) is 0 Å². The highest BCUT2D eigenvalue weighted by atomic mass is 32.2. The van der Waals surface area contributed by atoms with Gasteiger partial charge in [0.25, 0.3) is 5.76 Å². The third-order valence-corrected chi connectivity index (χ3v) is 3.99. The summed E-state index contributed by atoms with van der Waals surface area (Å²) in [6.07, 6.45) is 1.95. The first kappa shape index (κ1) is 15.8. The van der Waals surface area contributed by atoms with Gasteiger partial charge in [0, 0.05) is 16.6 Å². The second-order valence-corrected chi connectivity index (χ2v) is 5.91. The Morgan fingerprint density at radius 3 is 2.24 bits per heavy atom. The van der Waals surface area contributed by atoms with Gasteiger partial charge in [0.05, 0.1) is 0 Å². The van der Waals surface area contributed by atoms with Gasteiger partial charge in [-0.2, -0.15) is 8.78 Å². The second kappa shape index (κ2) is 8.03. The van der Waals surface area contributed by atoms with Crippen LogP contribution in [0.25, 0.3) is 0 Å². The van der Waals surface area contributed by atoms with E-state index in [1.165, 1.54) is 5.56 Å². The number of nitrogens with one attached hydrogen (secondary N) is 1. The Kier molecular flexibility index (Phi) is 6.05. The molecule has 1 atom stereocenters. The van der Waals surface area contributed by atoms with Crippen LogP contribution in [0.3, 0.4) is 0 Å². The Bertz CT molecular complexity index is 528. The average Bonchev–Trinajstić information content (AvgIpc) is 2.49. The van der Waals surface area contributed by atoms with Gasteiger partial charge in [0.1, 0.15) is 0 Å². The Morgan fingerprint density at radius 1 is 1.00 bits per heavy atom. The van der Waals surface area contributed by atoms with E-state index < -0.39 is 5.76 Å². The lowest BCUT2D eigenvalue weighted by molar-refractivity contribution is 0.252. The Labute approximate surface area is 128 Å². The van der Waals surface area contributed by atoms with Crippen LogP contribution in [0.5, 0.6) is 0 Å². The lowest BCUT2D eigenvalue weighted by atomic mass is 10.0. The zero-order valence-electron chi connectivity index (χ0n) is 11.9. The monoisotopic (exact) mass is 307 g/mol. The molecule has 0 heterocycles. The van der Waals surface area contributed by atoms with Crippen LogP contribution in [0.1, 0.15) is 18.9 Å². The molecular formula is C17H19F2NS. The summed E-state index contributed by atoms with van der Waals surface area (Å²) in [7, 11) is 0. The zero-order valence-corrected chi connectivity index (χ0v) is 12.7. The lowest BCUT2D eigenvalue weighted by Gasteiger charge is -2.18. The summed E-state index contributed by atoms with van der Waals surface area (Å²) in [5.74, 6) is -2.37. The molecule has 0 fully saturated rings. The maximum absolute atomic E-state index is 12.3. The molecule has 0 aliphatic heterocycles. The molecule has 0 aromatic heterocycles. The van der Waals surface area contributed by atoms with Crippen molar-refractivity contribution in [3.63, 3.8) is 0 Å². The topological polar surface area (TPSA) is 12.0 Å². The minimum absolute atomic E-state index is 0.334. The van der Waals surface area contributed by atoms with E-state index in [-0.39, 0.29) is 0 Å². The molecule has 0 saturated heterocycles. The first-order valence-electron chi connectivity index (χ1n) is 7.02. The van der Waals surface area contributed by atoms with E-state index in [1.807, 2.05) is 30.3 Å². The SMILES string of the molecule is CCC(Cc1ccccc1)Nc1ccc(SC(F)F)cc1. The number of rotatable bonds is 7. The lowest BCUT2D eigenvalue weighted by Crippen LogP contribution is -2.21. The molecule has 0 radical (unpaired) electrons. The van der Waals surface area contributed by atoms with Gasteiger partial charge in [-0.25, -0.2) is 0 Å². The van der Waals surface area contributed by atoms with Crippen molar-refractivity contribution >= 4 is 17.4 Å².